The lowest BCUT2D eigenvalue weighted by Crippen LogP contribution is -2.65. The second-order valence-electron chi connectivity index (χ2n) is 7.66. The summed E-state index contributed by atoms with van der Waals surface area (Å²) in [4.78, 5) is 4.98. The molecule has 1 spiro atoms. The Hall–Kier alpha value is -1.58. The summed E-state index contributed by atoms with van der Waals surface area (Å²) in [6.07, 6.45) is 5.34. The highest BCUT2D eigenvalue weighted by Gasteiger charge is 2.68. The smallest absolute Gasteiger partial charge is 0.155 e. The van der Waals surface area contributed by atoms with Gasteiger partial charge >= 0.3 is 0 Å². The molecule has 0 N–H and O–H groups in total. The number of quaternary nitrogens is 1. The standard InChI is InChI=1S/C20H21ClN2O/c1-2-13-10-23(12-21)8-7-20-16-5-3-4-6-17(16)22-19(20)15(11-24)14(13)9-18(20)23/h2-6,11,14,18H,7-10,12H2,1H3/b13-2-/t14-,18-,20+,23?/m0/s1. The highest BCUT2D eigenvalue weighted by molar-refractivity contribution is 6.17. The Kier molecular flexibility index (Phi) is 2.91. The van der Waals surface area contributed by atoms with Gasteiger partial charge in [-0.05, 0) is 29.7 Å². The lowest BCUT2D eigenvalue weighted by molar-refractivity contribution is -0.931. The summed E-state index contributed by atoms with van der Waals surface area (Å²) in [7, 11) is 0. The summed E-state index contributed by atoms with van der Waals surface area (Å²) in [5.74, 6) is 0.228. The Morgan fingerprint density at radius 2 is 2.25 bits per heavy atom. The molecule has 1 aromatic carbocycles. The average molecular weight is 341 g/mol. The predicted octanol–water partition coefficient (Wildman–Crippen LogP) is 3.02. The van der Waals surface area contributed by atoms with Gasteiger partial charge in [-0.1, -0.05) is 35.9 Å². The molecule has 4 aliphatic rings. The van der Waals surface area contributed by atoms with Crippen molar-refractivity contribution >= 4 is 23.0 Å². The molecule has 0 amide bonds. The SMILES string of the molecule is C/C=C1/C[N+]2(CCl)CC[C@@]34C(=Nc5ccccc53)C(=C[O-])[C@H]1C[C@@H]42. The Bertz CT molecular complexity index is 827. The number of rotatable bonds is 1. The summed E-state index contributed by atoms with van der Waals surface area (Å²) < 4.78 is 0.942. The van der Waals surface area contributed by atoms with Crippen molar-refractivity contribution in [1.29, 1.82) is 0 Å². The highest BCUT2D eigenvalue weighted by Crippen LogP contribution is 2.61. The zero-order valence-corrected chi connectivity index (χ0v) is 14.6. The van der Waals surface area contributed by atoms with Gasteiger partial charge in [-0.2, -0.15) is 0 Å². The van der Waals surface area contributed by atoms with Gasteiger partial charge in [0, 0.05) is 18.8 Å². The van der Waals surface area contributed by atoms with Gasteiger partial charge in [-0.3, -0.25) is 4.99 Å². The van der Waals surface area contributed by atoms with E-state index >= 15 is 0 Å². The zero-order chi connectivity index (χ0) is 16.5. The lowest BCUT2D eigenvalue weighted by atomic mass is 9.58. The molecular weight excluding hydrogens is 320 g/mol. The van der Waals surface area contributed by atoms with Crippen molar-refractivity contribution < 1.29 is 9.59 Å². The van der Waals surface area contributed by atoms with Crippen LogP contribution in [-0.2, 0) is 5.41 Å². The Balaban J connectivity index is 1.81. The summed E-state index contributed by atoms with van der Waals surface area (Å²) in [5, 5.41) is 12.1. The normalized spacial score (nSPS) is 42.2. The lowest BCUT2D eigenvalue weighted by Gasteiger charge is -2.53. The van der Waals surface area contributed by atoms with Crippen LogP contribution in [0.15, 0.2) is 52.7 Å². The number of para-hydroxylation sites is 1. The summed E-state index contributed by atoms with van der Waals surface area (Å²) in [5.41, 5.74) is 5.60. The maximum absolute atomic E-state index is 12.1. The maximum atomic E-state index is 12.1. The van der Waals surface area contributed by atoms with Crippen molar-refractivity contribution in [2.24, 2.45) is 10.9 Å². The summed E-state index contributed by atoms with van der Waals surface area (Å²) in [6, 6.07) is 9.53. The minimum atomic E-state index is -0.0997. The molecule has 4 atom stereocenters. The van der Waals surface area contributed by atoms with Crippen LogP contribution in [0.25, 0.3) is 0 Å². The van der Waals surface area contributed by atoms with Crippen LogP contribution in [0.5, 0.6) is 0 Å². The van der Waals surface area contributed by atoms with Crippen molar-refractivity contribution in [3.05, 3.63) is 53.3 Å². The fraction of sp³-hybridized carbons (Fsp3) is 0.450. The van der Waals surface area contributed by atoms with E-state index in [0.717, 1.165) is 53.6 Å². The molecule has 24 heavy (non-hydrogen) atoms. The number of halogens is 1. The number of aliphatic imine (C=N–C) groups is 1. The third-order valence-electron chi connectivity index (χ3n) is 7.01. The van der Waals surface area contributed by atoms with Crippen molar-refractivity contribution in [2.75, 3.05) is 19.1 Å². The Morgan fingerprint density at radius 1 is 1.42 bits per heavy atom. The number of fused-ring (bicyclic) bond motifs is 2. The monoisotopic (exact) mass is 340 g/mol. The molecule has 4 heteroatoms. The first-order chi connectivity index (χ1) is 11.7. The van der Waals surface area contributed by atoms with Crippen LogP contribution in [-0.4, -0.2) is 35.3 Å². The van der Waals surface area contributed by atoms with Gasteiger partial charge in [-0.25, -0.2) is 0 Å². The van der Waals surface area contributed by atoms with Gasteiger partial charge in [0.05, 0.1) is 23.4 Å². The second-order valence-corrected chi connectivity index (χ2v) is 7.90. The molecule has 0 aromatic heterocycles. The molecule has 1 aliphatic carbocycles. The third-order valence-corrected chi connectivity index (χ3v) is 7.49. The molecule has 3 nitrogen and oxygen atoms in total. The van der Waals surface area contributed by atoms with Crippen LogP contribution >= 0.6 is 11.6 Å². The number of piperidine rings is 1. The van der Waals surface area contributed by atoms with E-state index in [1.54, 1.807) is 0 Å². The van der Waals surface area contributed by atoms with Gasteiger partial charge in [0.2, 0.25) is 0 Å². The quantitative estimate of drug-likeness (QED) is 0.254. The Morgan fingerprint density at radius 3 is 3.00 bits per heavy atom. The number of allylic oxidation sites excluding steroid dienone is 2. The average Bonchev–Trinajstić information content (AvgIpc) is 3.15. The summed E-state index contributed by atoms with van der Waals surface area (Å²) >= 11 is 6.54. The van der Waals surface area contributed by atoms with Crippen molar-refractivity contribution in [3.63, 3.8) is 0 Å². The zero-order valence-electron chi connectivity index (χ0n) is 13.8. The molecule has 0 radical (unpaired) electrons. The third kappa shape index (κ3) is 1.47. The van der Waals surface area contributed by atoms with Gasteiger partial charge < -0.3 is 9.59 Å². The first kappa shape index (κ1) is 14.7. The minimum Gasteiger partial charge on any atom is -0.878 e. The van der Waals surface area contributed by atoms with Crippen molar-refractivity contribution in [1.82, 2.24) is 0 Å². The molecule has 1 aromatic rings. The van der Waals surface area contributed by atoms with Gasteiger partial charge in [0.15, 0.2) is 6.00 Å². The number of hydrogen-bond acceptors (Lipinski definition) is 2. The largest absolute Gasteiger partial charge is 0.878 e. The number of hydrogen-bond donors (Lipinski definition) is 0. The van der Waals surface area contributed by atoms with Gasteiger partial charge in [0.25, 0.3) is 0 Å². The molecule has 2 bridgehead atoms. The van der Waals surface area contributed by atoms with Crippen LogP contribution in [0.2, 0.25) is 0 Å². The fourth-order valence-corrected chi connectivity index (χ4v) is 6.34. The van der Waals surface area contributed by atoms with E-state index < -0.39 is 0 Å². The van der Waals surface area contributed by atoms with E-state index in [9.17, 15) is 5.11 Å². The fourth-order valence-electron chi connectivity index (χ4n) is 5.97. The second kappa shape index (κ2) is 4.74. The van der Waals surface area contributed by atoms with Gasteiger partial charge in [-0.15, -0.1) is 6.26 Å². The van der Waals surface area contributed by atoms with E-state index in [2.05, 4.69) is 31.2 Å². The number of benzene rings is 1. The molecule has 2 saturated heterocycles. The molecule has 3 aliphatic heterocycles. The first-order valence-corrected chi connectivity index (χ1v) is 9.31. The summed E-state index contributed by atoms with van der Waals surface area (Å²) in [6.45, 7) is 4.13. The molecule has 5 rings (SSSR count). The van der Waals surface area contributed by atoms with Crippen LogP contribution in [0.1, 0.15) is 25.3 Å². The van der Waals surface area contributed by atoms with E-state index in [1.165, 1.54) is 11.1 Å². The predicted molar refractivity (Wildman–Crippen MR) is 94.3 cm³/mol. The molecule has 1 unspecified atom stereocenters. The van der Waals surface area contributed by atoms with Crippen molar-refractivity contribution in [2.45, 2.75) is 31.2 Å². The maximum Gasteiger partial charge on any atom is 0.155 e. The van der Waals surface area contributed by atoms with Gasteiger partial charge in [0.1, 0.15) is 12.6 Å². The molecular formula is C20H21ClN2O. The molecule has 3 heterocycles. The Labute approximate surface area is 147 Å². The van der Waals surface area contributed by atoms with Crippen LogP contribution in [0.4, 0.5) is 5.69 Å². The molecule has 3 fully saturated rings. The topological polar surface area (TPSA) is 35.4 Å². The highest BCUT2D eigenvalue weighted by atomic mass is 35.5. The minimum absolute atomic E-state index is 0.0997. The van der Waals surface area contributed by atoms with E-state index in [1.807, 2.05) is 6.07 Å². The van der Waals surface area contributed by atoms with Crippen LogP contribution < -0.4 is 5.11 Å². The van der Waals surface area contributed by atoms with E-state index in [0.29, 0.717) is 12.0 Å². The van der Waals surface area contributed by atoms with Crippen LogP contribution in [0, 0.1) is 5.92 Å². The number of nitrogens with zero attached hydrogens (tertiary/aromatic N) is 2. The van der Waals surface area contributed by atoms with E-state index in [4.69, 9.17) is 16.6 Å². The van der Waals surface area contributed by atoms with Crippen molar-refractivity contribution in [3.8, 4) is 0 Å². The first-order valence-electron chi connectivity index (χ1n) is 8.78. The molecule has 124 valence electrons. The van der Waals surface area contributed by atoms with E-state index in [-0.39, 0.29) is 11.3 Å². The number of alkyl halides is 1. The van der Waals surface area contributed by atoms with Crippen LogP contribution in [0.3, 0.4) is 0 Å². The molecule has 1 saturated carbocycles.